The van der Waals surface area contributed by atoms with E-state index in [2.05, 4.69) is 16.0 Å². The molecule has 42 heavy (non-hydrogen) atoms. The van der Waals surface area contributed by atoms with Crippen molar-refractivity contribution in [3.05, 3.63) is 0 Å². The molecule has 0 aromatic rings. The summed E-state index contributed by atoms with van der Waals surface area (Å²) in [6.45, 7) is 14.0. The molecule has 1 unspecified atom stereocenters. The molecule has 0 aromatic carbocycles. The summed E-state index contributed by atoms with van der Waals surface area (Å²) >= 11 is 0. The molecule has 5 amide bonds. The molecule has 0 aromatic heterocycles. The number of carbonyl (C=O) groups excluding carboxylic acids is 5. The lowest BCUT2D eigenvalue weighted by molar-refractivity contribution is -0.143. The van der Waals surface area contributed by atoms with Crippen molar-refractivity contribution in [3.63, 3.8) is 0 Å². The van der Waals surface area contributed by atoms with Gasteiger partial charge in [0, 0.05) is 33.6 Å². The summed E-state index contributed by atoms with van der Waals surface area (Å²) in [7, 11) is 1.54. The van der Waals surface area contributed by atoms with E-state index >= 15 is 0 Å². The van der Waals surface area contributed by atoms with Gasteiger partial charge in [-0.15, -0.1) is 0 Å². The molecule has 0 aliphatic carbocycles. The second kappa shape index (κ2) is 16.2. The molecule has 2 aliphatic heterocycles. The highest BCUT2D eigenvalue weighted by molar-refractivity contribution is 5.92. The maximum Gasteiger partial charge on any atom is 0.245 e. The predicted molar refractivity (Wildman–Crippen MR) is 160 cm³/mol. The van der Waals surface area contributed by atoms with Gasteiger partial charge in [0.05, 0.1) is 12.1 Å². The van der Waals surface area contributed by atoms with Gasteiger partial charge in [0.2, 0.25) is 29.5 Å². The summed E-state index contributed by atoms with van der Waals surface area (Å²) in [6, 6.07) is -3.66. The molecule has 0 saturated carbocycles. The molecular weight excluding hydrogens is 540 g/mol. The fraction of sp³-hybridized carbons (Fsp3) is 0.833. The Kier molecular flexibility index (Phi) is 13.7. The highest BCUT2D eigenvalue weighted by Crippen LogP contribution is 2.24. The number of rotatable bonds is 13. The molecule has 2 saturated heterocycles. The van der Waals surface area contributed by atoms with Gasteiger partial charge in [-0.25, -0.2) is 0 Å². The maximum atomic E-state index is 13.8. The molecular formula is C30H54N6O6. The lowest BCUT2D eigenvalue weighted by Gasteiger charge is -2.36. The zero-order valence-corrected chi connectivity index (χ0v) is 26.8. The Hall–Kier alpha value is -2.73. The quantitative estimate of drug-likeness (QED) is 0.231. The summed E-state index contributed by atoms with van der Waals surface area (Å²) in [5.74, 6) is -1.86. The van der Waals surface area contributed by atoms with E-state index in [9.17, 15) is 29.1 Å². The molecule has 12 heteroatoms. The number of nitrogens with zero attached hydrogens (tertiary/aromatic N) is 3. The third kappa shape index (κ3) is 9.13. The average molecular weight is 595 g/mol. The molecule has 7 atom stereocenters. The maximum absolute atomic E-state index is 13.8. The van der Waals surface area contributed by atoms with Gasteiger partial charge in [-0.3, -0.25) is 29.3 Å². The first-order valence-corrected chi connectivity index (χ1v) is 15.6. The number of amides is 5. The van der Waals surface area contributed by atoms with E-state index in [0.29, 0.717) is 38.9 Å². The largest absolute Gasteiger partial charge is 0.376 e. The van der Waals surface area contributed by atoms with Gasteiger partial charge in [-0.2, -0.15) is 0 Å². The lowest BCUT2D eigenvalue weighted by Crippen LogP contribution is -2.61. The molecule has 2 fully saturated rings. The lowest BCUT2D eigenvalue weighted by atomic mass is 9.96. The third-order valence-electron chi connectivity index (χ3n) is 8.88. The van der Waals surface area contributed by atoms with Crippen molar-refractivity contribution in [2.75, 3.05) is 26.7 Å². The zero-order chi connectivity index (χ0) is 31.7. The van der Waals surface area contributed by atoms with Crippen LogP contribution in [0.2, 0.25) is 0 Å². The van der Waals surface area contributed by atoms with E-state index < -0.39 is 42.3 Å². The Morgan fingerprint density at radius 2 is 1.48 bits per heavy atom. The van der Waals surface area contributed by atoms with Crippen LogP contribution in [0, 0.1) is 11.8 Å². The van der Waals surface area contributed by atoms with Crippen molar-refractivity contribution in [3.8, 4) is 0 Å². The molecule has 0 radical (unpaired) electrons. The van der Waals surface area contributed by atoms with Gasteiger partial charge >= 0.3 is 0 Å². The van der Waals surface area contributed by atoms with Gasteiger partial charge < -0.3 is 30.4 Å². The minimum absolute atomic E-state index is 0.111. The number of aliphatic hydroxyl groups excluding tert-OH is 1. The van der Waals surface area contributed by atoms with Crippen LogP contribution in [0.15, 0.2) is 0 Å². The fourth-order valence-electron chi connectivity index (χ4n) is 5.60. The Bertz CT molecular complexity index is 955. The number of hydrogen-bond donors (Lipinski definition) is 4. The van der Waals surface area contributed by atoms with Crippen LogP contribution in [0.3, 0.4) is 0 Å². The highest BCUT2D eigenvalue weighted by atomic mass is 16.3. The van der Waals surface area contributed by atoms with Crippen LogP contribution < -0.4 is 16.0 Å². The average Bonchev–Trinajstić information content (AvgIpc) is 3.46. The van der Waals surface area contributed by atoms with Gasteiger partial charge in [0.1, 0.15) is 24.4 Å². The van der Waals surface area contributed by atoms with Gasteiger partial charge in [0.15, 0.2) is 0 Å². The van der Waals surface area contributed by atoms with E-state index in [1.807, 2.05) is 27.7 Å². The smallest absolute Gasteiger partial charge is 0.245 e. The fourth-order valence-corrected chi connectivity index (χ4v) is 5.60. The van der Waals surface area contributed by atoms with E-state index in [1.54, 1.807) is 23.6 Å². The van der Waals surface area contributed by atoms with Crippen molar-refractivity contribution in [2.24, 2.45) is 11.8 Å². The summed E-state index contributed by atoms with van der Waals surface area (Å²) in [5.41, 5.74) is 0. The molecule has 0 bridgehead atoms. The van der Waals surface area contributed by atoms with Crippen molar-refractivity contribution < 1.29 is 29.1 Å². The molecule has 0 spiro atoms. The van der Waals surface area contributed by atoms with Crippen LogP contribution in [-0.2, 0) is 24.0 Å². The summed E-state index contributed by atoms with van der Waals surface area (Å²) in [4.78, 5) is 69.4. The molecule has 2 aliphatic rings. The van der Waals surface area contributed by atoms with Crippen LogP contribution in [0.5, 0.6) is 0 Å². The second-order valence-electron chi connectivity index (χ2n) is 12.4. The standard InChI is InChI=1S/C30H54N6O6/c1-9-19(4)25(33-26(38)21(6)34(8)22(7)37)30(42)36-17-13-14-23(36)27(39)32-24(18(2)3)28(40)31-20(5)29(41)35-15-11-10-12-16-35/h18-21,23-25,27,32,39H,9-17H2,1-8H3,(H,31,40)(H,33,38)/t19-,20-,21-,23-,24-,25-,27?/m0/s1. The monoisotopic (exact) mass is 594 g/mol. The van der Waals surface area contributed by atoms with Crippen molar-refractivity contribution >= 4 is 29.5 Å². The van der Waals surface area contributed by atoms with Gasteiger partial charge in [0.25, 0.3) is 0 Å². The van der Waals surface area contributed by atoms with Crippen LogP contribution in [0.1, 0.15) is 87.0 Å². The Morgan fingerprint density at radius 1 is 0.857 bits per heavy atom. The van der Waals surface area contributed by atoms with Crippen LogP contribution in [0.4, 0.5) is 0 Å². The van der Waals surface area contributed by atoms with Crippen molar-refractivity contribution in [2.45, 2.75) is 123 Å². The number of aliphatic hydroxyl groups is 1. The summed E-state index contributed by atoms with van der Waals surface area (Å²) in [6.07, 6.45) is 3.66. The minimum atomic E-state index is -1.20. The number of carbonyl (C=O) groups is 5. The molecule has 4 N–H and O–H groups in total. The molecule has 12 nitrogen and oxygen atoms in total. The first kappa shape index (κ1) is 35.5. The molecule has 240 valence electrons. The SMILES string of the molecule is CC[C@H](C)[C@H](NC(=O)[C@H](C)N(C)C(C)=O)C(=O)N1CCC[C@H]1C(O)N[C@H](C(=O)N[C@@H](C)C(=O)N1CCCCC1)C(C)C. The van der Waals surface area contributed by atoms with Crippen molar-refractivity contribution in [1.29, 1.82) is 0 Å². The van der Waals surface area contributed by atoms with Crippen LogP contribution in [0.25, 0.3) is 0 Å². The number of hydrogen-bond acceptors (Lipinski definition) is 7. The first-order chi connectivity index (χ1) is 19.7. The molecule has 2 rings (SSSR count). The highest BCUT2D eigenvalue weighted by Gasteiger charge is 2.41. The van der Waals surface area contributed by atoms with E-state index in [-0.39, 0.29) is 35.5 Å². The van der Waals surface area contributed by atoms with E-state index in [1.165, 1.54) is 18.9 Å². The topological polar surface area (TPSA) is 151 Å². The third-order valence-corrected chi connectivity index (χ3v) is 8.88. The van der Waals surface area contributed by atoms with E-state index in [4.69, 9.17) is 0 Å². The Morgan fingerprint density at radius 3 is 2.02 bits per heavy atom. The Balaban J connectivity index is 2.11. The van der Waals surface area contributed by atoms with Crippen LogP contribution in [-0.4, -0.2) is 112 Å². The van der Waals surface area contributed by atoms with Crippen LogP contribution >= 0.6 is 0 Å². The summed E-state index contributed by atoms with van der Waals surface area (Å²) < 4.78 is 0. The van der Waals surface area contributed by atoms with E-state index in [0.717, 1.165) is 19.3 Å². The first-order valence-electron chi connectivity index (χ1n) is 15.6. The molecule has 2 heterocycles. The number of likely N-dealkylation sites (tertiary alicyclic amines) is 2. The van der Waals surface area contributed by atoms with Gasteiger partial charge in [-0.1, -0.05) is 34.1 Å². The number of piperidine rings is 1. The zero-order valence-electron chi connectivity index (χ0n) is 26.8. The number of nitrogens with one attached hydrogen (secondary N) is 3. The van der Waals surface area contributed by atoms with Gasteiger partial charge in [-0.05, 0) is 57.8 Å². The normalized spacial score (nSPS) is 21.6. The minimum Gasteiger partial charge on any atom is -0.376 e. The summed E-state index contributed by atoms with van der Waals surface area (Å²) in [5, 5.41) is 20.0. The number of likely N-dealkylation sites (N-methyl/N-ethyl adjacent to an activating group) is 1. The second-order valence-corrected chi connectivity index (χ2v) is 12.4. The van der Waals surface area contributed by atoms with Crippen molar-refractivity contribution in [1.82, 2.24) is 30.7 Å². The Labute approximate surface area is 251 Å². The predicted octanol–water partition coefficient (Wildman–Crippen LogP) is 0.825.